The number of aliphatic imine (C=N–C) groups is 1. The fourth-order valence-corrected chi connectivity index (χ4v) is 3.18. The van der Waals surface area contributed by atoms with E-state index < -0.39 is 5.97 Å². The summed E-state index contributed by atoms with van der Waals surface area (Å²) in [6, 6.07) is 21.7. The number of carbonyl (C=O) groups is 2. The number of halogens is 1. The first-order chi connectivity index (χ1) is 15.5. The summed E-state index contributed by atoms with van der Waals surface area (Å²) in [5.74, 6) is 0.115. The highest BCUT2D eigenvalue weighted by Crippen LogP contribution is 2.26. The van der Waals surface area contributed by atoms with E-state index in [0.717, 1.165) is 5.56 Å². The highest BCUT2D eigenvalue weighted by atomic mass is 35.5. The van der Waals surface area contributed by atoms with Gasteiger partial charge >= 0.3 is 5.97 Å². The predicted octanol–water partition coefficient (Wildman–Crippen LogP) is 5.22. The summed E-state index contributed by atoms with van der Waals surface area (Å²) in [6.45, 7) is 1.79. The molecule has 1 aliphatic rings. The number of esters is 1. The van der Waals surface area contributed by atoms with Gasteiger partial charge in [-0.1, -0.05) is 41.9 Å². The van der Waals surface area contributed by atoms with Gasteiger partial charge < -0.3 is 14.8 Å². The third kappa shape index (κ3) is 5.22. The van der Waals surface area contributed by atoms with Crippen molar-refractivity contribution in [2.75, 3.05) is 5.32 Å². The van der Waals surface area contributed by atoms with Gasteiger partial charge in [-0.05, 0) is 54.1 Å². The highest BCUT2D eigenvalue weighted by molar-refractivity contribution is 6.30. The minimum Gasteiger partial charge on any atom is -0.488 e. The van der Waals surface area contributed by atoms with Crippen LogP contribution in [0.4, 0.5) is 5.69 Å². The van der Waals surface area contributed by atoms with E-state index in [1.165, 1.54) is 6.92 Å². The van der Waals surface area contributed by atoms with Crippen LogP contribution >= 0.6 is 11.6 Å². The number of hydrogen-bond acceptors (Lipinski definition) is 5. The summed E-state index contributed by atoms with van der Waals surface area (Å²) in [5.41, 5.74) is 3.13. The summed E-state index contributed by atoms with van der Waals surface area (Å²) in [7, 11) is 0. The first-order valence-corrected chi connectivity index (χ1v) is 10.2. The van der Waals surface area contributed by atoms with Crippen LogP contribution < -0.4 is 10.1 Å². The maximum absolute atomic E-state index is 12.4. The molecule has 0 spiro atoms. The minimum absolute atomic E-state index is 0.162. The number of rotatable bonds is 6. The van der Waals surface area contributed by atoms with Gasteiger partial charge in [0.05, 0.1) is 0 Å². The molecule has 160 valence electrons. The monoisotopic (exact) mass is 446 g/mol. The first-order valence-electron chi connectivity index (χ1n) is 9.85. The molecular formula is C25H19ClN2O4. The Morgan fingerprint density at radius 3 is 2.50 bits per heavy atom. The fraction of sp³-hybridized carbons (Fsp3) is 0.0800. The largest absolute Gasteiger partial charge is 0.488 e. The number of amides is 1. The third-order valence-electron chi connectivity index (χ3n) is 4.59. The number of nitrogens with zero attached hydrogens (tertiary/aromatic N) is 1. The van der Waals surface area contributed by atoms with Gasteiger partial charge in [0.1, 0.15) is 12.4 Å². The first kappa shape index (κ1) is 21.3. The fourth-order valence-electron chi connectivity index (χ4n) is 3.05. The Balaban J connectivity index is 1.53. The van der Waals surface area contributed by atoms with Crippen LogP contribution in [-0.2, 0) is 20.9 Å². The summed E-state index contributed by atoms with van der Waals surface area (Å²) in [4.78, 5) is 27.9. The van der Waals surface area contributed by atoms with Gasteiger partial charge in [-0.3, -0.25) is 4.79 Å². The summed E-state index contributed by atoms with van der Waals surface area (Å²) in [6.07, 6.45) is 1.64. The predicted molar refractivity (Wildman–Crippen MR) is 124 cm³/mol. The number of ether oxygens (including phenoxy) is 2. The summed E-state index contributed by atoms with van der Waals surface area (Å²) < 4.78 is 11.3. The number of carbonyl (C=O) groups excluding carboxylic acids is 2. The quantitative estimate of drug-likeness (QED) is 0.416. The van der Waals surface area contributed by atoms with E-state index in [-0.39, 0.29) is 17.5 Å². The minimum atomic E-state index is -0.543. The van der Waals surface area contributed by atoms with Crippen molar-refractivity contribution in [3.63, 3.8) is 0 Å². The molecule has 7 heteroatoms. The second-order valence-corrected chi connectivity index (χ2v) is 7.48. The number of para-hydroxylation sites is 1. The molecule has 1 heterocycles. The molecule has 1 amide bonds. The Morgan fingerprint density at radius 1 is 1.06 bits per heavy atom. The molecule has 0 unspecified atom stereocenters. The Morgan fingerprint density at radius 2 is 1.78 bits per heavy atom. The lowest BCUT2D eigenvalue weighted by molar-refractivity contribution is -0.129. The van der Waals surface area contributed by atoms with Crippen molar-refractivity contribution < 1.29 is 19.1 Å². The van der Waals surface area contributed by atoms with Crippen LogP contribution in [0.5, 0.6) is 5.75 Å². The Bertz CT molecular complexity index is 1220. The number of benzene rings is 3. The van der Waals surface area contributed by atoms with Crippen molar-refractivity contribution in [3.8, 4) is 5.75 Å². The third-order valence-corrected chi connectivity index (χ3v) is 4.84. The molecule has 3 aromatic rings. The SMILES string of the molecule is CC(=O)Nc1ccc(C2=N/C(=C\c3ccccc3OCc3ccc(Cl)cc3)C(=O)O2)cc1. The Labute approximate surface area is 190 Å². The molecule has 0 aliphatic carbocycles. The van der Waals surface area contributed by atoms with E-state index in [4.69, 9.17) is 21.1 Å². The van der Waals surface area contributed by atoms with Crippen molar-refractivity contribution in [2.24, 2.45) is 4.99 Å². The van der Waals surface area contributed by atoms with E-state index >= 15 is 0 Å². The van der Waals surface area contributed by atoms with Gasteiger partial charge in [0.25, 0.3) is 0 Å². The zero-order valence-corrected chi connectivity index (χ0v) is 17.9. The zero-order valence-electron chi connectivity index (χ0n) is 17.2. The van der Waals surface area contributed by atoms with Gasteiger partial charge in [0, 0.05) is 28.8 Å². The van der Waals surface area contributed by atoms with E-state index in [2.05, 4.69) is 10.3 Å². The number of hydrogen-bond donors (Lipinski definition) is 1. The van der Waals surface area contributed by atoms with Crippen LogP contribution in [0.2, 0.25) is 5.02 Å². The molecule has 0 bridgehead atoms. The number of cyclic esters (lactones) is 1. The molecule has 0 saturated carbocycles. The highest BCUT2D eigenvalue weighted by Gasteiger charge is 2.24. The van der Waals surface area contributed by atoms with Gasteiger partial charge in [-0.15, -0.1) is 0 Å². The maximum Gasteiger partial charge on any atom is 0.363 e. The van der Waals surface area contributed by atoms with Crippen molar-refractivity contribution in [2.45, 2.75) is 13.5 Å². The average molecular weight is 447 g/mol. The van der Waals surface area contributed by atoms with E-state index in [9.17, 15) is 9.59 Å². The van der Waals surface area contributed by atoms with Gasteiger partial charge in [0.15, 0.2) is 5.70 Å². The molecule has 0 atom stereocenters. The molecule has 3 aromatic carbocycles. The summed E-state index contributed by atoms with van der Waals surface area (Å²) >= 11 is 5.93. The van der Waals surface area contributed by atoms with Crippen molar-refractivity contribution in [1.29, 1.82) is 0 Å². The molecule has 0 aromatic heterocycles. The van der Waals surface area contributed by atoms with Gasteiger partial charge in [-0.2, -0.15) is 0 Å². The van der Waals surface area contributed by atoms with Gasteiger partial charge in [0.2, 0.25) is 11.8 Å². The molecule has 0 radical (unpaired) electrons. The average Bonchev–Trinajstić information content (AvgIpc) is 3.14. The molecule has 0 saturated heterocycles. The second-order valence-electron chi connectivity index (χ2n) is 7.05. The topological polar surface area (TPSA) is 77.0 Å². The second kappa shape index (κ2) is 9.49. The van der Waals surface area contributed by atoms with E-state index in [0.29, 0.717) is 34.2 Å². The van der Waals surface area contributed by atoms with Crippen LogP contribution in [-0.4, -0.2) is 17.8 Å². The Hall–Kier alpha value is -3.90. The van der Waals surface area contributed by atoms with Crippen LogP contribution in [0.25, 0.3) is 6.08 Å². The maximum atomic E-state index is 12.4. The van der Waals surface area contributed by atoms with Crippen LogP contribution in [0.1, 0.15) is 23.6 Å². The standard InChI is InChI=1S/C25H19ClN2O4/c1-16(29)27-21-12-8-18(9-13-21)24-28-22(25(30)32-24)14-19-4-2-3-5-23(19)31-15-17-6-10-20(26)11-7-17/h2-14H,15H2,1H3,(H,27,29)/b22-14-. The lowest BCUT2D eigenvalue weighted by atomic mass is 10.1. The molecule has 1 aliphatic heterocycles. The van der Waals surface area contributed by atoms with Crippen LogP contribution in [0.3, 0.4) is 0 Å². The lowest BCUT2D eigenvalue weighted by Crippen LogP contribution is -2.07. The molecule has 1 N–H and O–H groups in total. The van der Waals surface area contributed by atoms with Crippen molar-refractivity contribution >= 4 is 41.1 Å². The summed E-state index contributed by atoms with van der Waals surface area (Å²) in [5, 5.41) is 3.35. The molecule has 32 heavy (non-hydrogen) atoms. The number of anilines is 1. The smallest absolute Gasteiger partial charge is 0.363 e. The van der Waals surface area contributed by atoms with Crippen molar-refractivity contribution in [3.05, 3.63) is 100 Å². The zero-order chi connectivity index (χ0) is 22.5. The number of nitrogens with one attached hydrogen (secondary N) is 1. The molecule has 6 nitrogen and oxygen atoms in total. The van der Waals surface area contributed by atoms with Crippen molar-refractivity contribution in [1.82, 2.24) is 0 Å². The van der Waals surface area contributed by atoms with E-state index in [1.54, 1.807) is 30.3 Å². The van der Waals surface area contributed by atoms with Crippen LogP contribution in [0.15, 0.2) is 83.5 Å². The molecule has 4 rings (SSSR count). The Kier molecular flexibility index (Phi) is 6.33. The lowest BCUT2D eigenvalue weighted by Gasteiger charge is -2.09. The van der Waals surface area contributed by atoms with Gasteiger partial charge in [-0.25, -0.2) is 9.79 Å². The van der Waals surface area contributed by atoms with E-state index in [1.807, 2.05) is 48.5 Å². The van der Waals surface area contributed by atoms with Crippen LogP contribution in [0, 0.1) is 0 Å². The molecule has 0 fully saturated rings. The normalized spacial score (nSPS) is 14.1. The molecular weight excluding hydrogens is 428 g/mol.